The van der Waals surface area contributed by atoms with Crippen LogP contribution in [-0.2, 0) is 0 Å². The summed E-state index contributed by atoms with van der Waals surface area (Å²) >= 11 is 1.35. The lowest BCUT2D eigenvalue weighted by Crippen LogP contribution is -2.07. The molecule has 0 aliphatic heterocycles. The van der Waals surface area contributed by atoms with E-state index in [0.29, 0.717) is 5.71 Å². The van der Waals surface area contributed by atoms with Crippen LogP contribution in [0.3, 0.4) is 0 Å². The summed E-state index contributed by atoms with van der Waals surface area (Å²) in [4.78, 5) is 0. The van der Waals surface area contributed by atoms with E-state index < -0.39 is 11.6 Å². The third kappa shape index (κ3) is 3.59. The smallest absolute Gasteiger partial charge is 0.167 e. The molecule has 1 nitrogen and oxygen atoms in total. The zero-order chi connectivity index (χ0) is 12.3. The van der Waals surface area contributed by atoms with Crippen molar-refractivity contribution < 1.29 is 8.78 Å². The molecular weight excluding hydrogens is 228 g/mol. The molecular formula is C12H15F2NS. The summed E-state index contributed by atoms with van der Waals surface area (Å²) in [5.74, 6) is -1.67. The molecule has 0 atom stereocenters. The van der Waals surface area contributed by atoms with Gasteiger partial charge in [0.25, 0.3) is 0 Å². The Morgan fingerprint density at radius 3 is 2.44 bits per heavy atom. The van der Waals surface area contributed by atoms with Crippen LogP contribution in [0.1, 0.15) is 33.3 Å². The van der Waals surface area contributed by atoms with E-state index >= 15 is 0 Å². The molecule has 16 heavy (non-hydrogen) atoms. The van der Waals surface area contributed by atoms with Crippen molar-refractivity contribution in [3.8, 4) is 0 Å². The van der Waals surface area contributed by atoms with Crippen LogP contribution in [0.2, 0.25) is 0 Å². The van der Waals surface area contributed by atoms with E-state index in [4.69, 9.17) is 0 Å². The summed E-state index contributed by atoms with van der Waals surface area (Å²) in [6.45, 7) is 7.71. The van der Waals surface area contributed by atoms with Gasteiger partial charge in [-0.25, -0.2) is 13.2 Å². The Bertz CT molecular complexity index is 408. The zero-order valence-corrected chi connectivity index (χ0v) is 10.7. The summed E-state index contributed by atoms with van der Waals surface area (Å²) < 4.78 is 30.5. The maximum absolute atomic E-state index is 13.4. The minimum Gasteiger partial charge on any atom is -0.220 e. The lowest BCUT2D eigenvalue weighted by molar-refractivity contribution is 0.507. The molecule has 0 radical (unpaired) electrons. The second-order valence-corrected chi connectivity index (χ2v) is 6.07. The lowest BCUT2D eigenvalue weighted by Gasteiger charge is -2.13. The molecule has 0 saturated heterocycles. The summed E-state index contributed by atoms with van der Waals surface area (Å²) in [7, 11) is 0. The van der Waals surface area contributed by atoms with Crippen molar-refractivity contribution in [1.29, 1.82) is 0 Å². The predicted octanol–water partition coefficient (Wildman–Crippen LogP) is 4.22. The van der Waals surface area contributed by atoms with Gasteiger partial charge >= 0.3 is 0 Å². The van der Waals surface area contributed by atoms with Crippen molar-refractivity contribution in [2.24, 2.45) is 4.40 Å². The quantitative estimate of drug-likeness (QED) is 0.559. The van der Waals surface area contributed by atoms with Gasteiger partial charge in [0.05, 0.1) is 5.71 Å². The second-order valence-electron chi connectivity index (χ2n) is 4.48. The first-order chi connectivity index (χ1) is 7.31. The van der Waals surface area contributed by atoms with Crippen LogP contribution in [0.4, 0.5) is 8.78 Å². The highest BCUT2D eigenvalue weighted by molar-refractivity contribution is 7.99. The Morgan fingerprint density at radius 2 is 1.88 bits per heavy atom. The van der Waals surface area contributed by atoms with Crippen LogP contribution in [0.25, 0.3) is 0 Å². The molecule has 0 aliphatic rings. The highest BCUT2D eigenvalue weighted by atomic mass is 32.2. The van der Waals surface area contributed by atoms with Crippen LogP contribution >= 0.6 is 11.9 Å². The molecule has 0 amide bonds. The number of benzene rings is 1. The topological polar surface area (TPSA) is 12.4 Å². The molecule has 0 heterocycles. The molecule has 1 aromatic carbocycles. The van der Waals surface area contributed by atoms with Gasteiger partial charge in [-0.1, -0.05) is 6.07 Å². The van der Waals surface area contributed by atoms with Gasteiger partial charge in [0.2, 0.25) is 0 Å². The maximum atomic E-state index is 13.4. The Balaban J connectivity index is 2.97. The van der Waals surface area contributed by atoms with E-state index in [9.17, 15) is 8.78 Å². The van der Waals surface area contributed by atoms with E-state index in [2.05, 4.69) is 4.40 Å². The maximum Gasteiger partial charge on any atom is 0.167 e. The summed E-state index contributed by atoms with van der Waals surface area (Å²) in [6.07, 6.45) is 0. The number of hydrogen-bond donors (Lipinski definition) is 0. The van der Waals surface area contributed by atoms with E-state index in [1.165, 1.54) is 24.1 Å². The molecule has 0 fully saturated rings. The number of hydrogen-bond acceptors (Lipinski definition) is 2. The van der Waals surface area contributed by atoms with E-state index in [0.717, 1.165) is 6.07 Å². The fourth-order valence-electron chi connectivity index (χ4n) is 1.04. The van der Waals surface area contributed by atoms with E-state index in [-0.39, 0.29) is 10.3 Å². The molecule has 0 spiro atoms. The molecule has 1 aromatic rings. The largest absolute Gasteiger partial charge is 0.220 e. The first-order valence-electron chi connectivity index (χ1n) is 4.98. The Labute approximate surface area is 99.1 Å². The Morgan fingerprint density at radius 1 is 1.25 bits per heavy atom. The van der Waals surface area contributed by atoms with Crippen LogP contribution in [0.5, 0.6) is 0 Å². The van der Waals surface area contributed by atoms with Gasteiger partial charge in [-0.15, -0.1) is 0 Å². The molecule has 88 valence electrons. The summed E-state index contributed by atoms with van der Waals surface area (Å²) in [6, 6.07) is 4.11. The predicted molar refractivity (Wildman–Crippen MR) is 65.9 cm³/mol. The fourth-order valence-corrected chi connectivity index (χ4v) is 1.55. The van der Waals surface area contributed by atoms with Crippen LogP contribution in [-0.4, -0.2) is 10.5 Å². The first kappa shape index (κ1) is 13.2. The van der Waals surface area contributed by atoms with Gasteiger partial charge in [-0.3, -0.25) is 0 Å². The van der Waals surface area contributed by atoms with Crippen molar-refractivity contribution in [2.45, 2.75) is 32.4 Å². The molecule has 4 heteroatoms. The average Bonchev–Trinajstić information content (AvgIpc) is 2.17. The third-order valence-electron chi connectivity index (χ3n) is 1.80. The highest BCUT2D eigenvalue weighted by Gasteiger charge is 2.13. The highest BCUT2D eigenvalue weighted by Crippen LogP contribution is 2.25. The van der Waals surface area contributed by atoms with Crippen molar-refractivity contribution in [2.75, 3.05) is 0 Å². The SMILES string of the molecule is C/C(=N\SC(C)(C)C)c1cccc(F)c1F. The monoisotopic (exact) mass is 243 g/mol. The van der Waals surface area contributed by atoms with Crippen LogP contribution < -0.4 is 0 Å². The Kier molecular flexibility index (Phi) is 4.08. The molecule has 0 aliphatic carbocycles. The van der Waals surface area contributed by atoms with E-state index in [1.807, 2.05) is 20.8 Å². The van der Waals surface area contributed by atoms with Gasteiger partial charge in [0, 0.05) is 10.3 Å². The van der Waals surface area contributed by atoms with E-state index in [1.54, 1.807) is 6.92 Å². The minimum absolute atomic E-state index is 0.0366. The molecule has 1 rings (SSSR count). The second kappa shape index (κ2) is 4.95. The van der Waals surface area contributed by atoms with Crippen LogP contribution in [0.15, 0.2) is 22.6 Å². The normalized spacial score (nSPS) is 13.0. The van der Waals surface area contributed by atoms with Gasteiger partial charge in [-0.2, -0.15) is 0 Å². The molecule has 0 unspecified atom stereocenters. The van der Waals surface area contributed by atoms with Gasteiger partial charge < -0.3 is 0 Å². The zero-order valence-electron chi connectivity index (χ0n) is 9.84. The molecule has 0 N–H and O–H groups in total. The van der Waals surface area contributed by atoms with Crippen molar-refractivity contribution >= 4 is 17.7 Å². The number of rotatable bonds is 2. The lowest BCUT2D eigenvalue weighted by atomic mass is 10.1. The molecule has 0 bridgehead atoms. The first-order valence-corrected chi connectivity index (χ1v) is 5.76. The minimum atomic E-state index is -0.840. The van der Waals surface area contributed by atoms with Gasteiger partial charge in [0.1, 0.15) is 0 Å². The van der Waals surface area contributed by atoms with Gasteiger partial charge in [0.15, 0.2) is 11.6 Å². The standard InChI is InChI=1S/C12H15F2NS/c1-8(15-16-12(2,3)4)9-6-5-7-10(13)11(9)14/h5-7H,1-4H3/b15-8+. The fraction of sp³-hybridized carbons (Fsp3) is 0.417. The van der Waals surface area contributed by atoms with Gasteiger partial charge in [-0.05, 0) is 51.8 Å². The number of halogens is 2. The van der Waals surface area contributed by atoms with Crippen molar-refractivity contribution in [1.82, 2.24) is 0 Å². The molecule has 0 aromatic heterocycles. The summed E-state index contributed by atoms with van der Waals surface area (Å²) in [5.41, 5.74) is 0.716. The third-order valence-corrected chi connectivity index (χ3v) is 2.71. The van der Waals surface area contributed by atoms with Crippen molar-refractivity contribution in [3.05, 3.63) is 35.4 Å². The number of nitrogens with zero attached hydrogens (tertiary/aromatic N) is 1. The Hall–Kier alpha value is -0.900. The summed E-state index contributed by atoms with van der Waals surface area (Å²) in [5, 5.41) is 0. The molecule has 0 saturated carbocycles. The van der Waals surface area contributed by atoms with Crippen molar-refractivity contribution in [3.63, 3.8) is 0 Å². The van der Waals surface area contributed by atoms with Crippen LogP contribution in [0, 0.1) is 11.6 Å². The average molecular weight is 243 g/mol.